The highest BCUT2D eigenvalue weighted by atomic mass is 19.4. The highest BCUT2D eigenvalue weighted by molar-refractivity contribution is 5.78. The Balaban J connectivity index is 1.27. The van der Waals surface area contributed by atoms with Crippen LogP contribution < -0.4 is 0 Å². The van der Waals surface area contributed by atoms with Crippen molar-refractivity contribution in [2.24, 2.45) is 0 Å². The van der Waals surface area contributed by atoms with E-state index in [1.54, 1.807) is 6.07 Å². The SMILES string of the molecule is O=C(CN1CCC(O)(c2cccc(C(F)(F)F)c2)CC1)N1CCN(C2CCCC2)CC1. The number of amides is 1. The summed E-state index contributed by atoms with van der Waals surface area (Å²) in [6, 6.07) is 5.65. The lowest BCUT2D eigenvalue weighted by Gasteiger charge is -2.41. The molecule has 8 heteroatoms. The van der Waals surface area contributed by atoms with Crippen LogP contribution in [0.25, 0.3) is 0 Å². The fourth-order valence-corrected chi connectivity index (χ4v) is 5.25. The van der Waals surface area contributed by atoms with E-state index in [0.29, 0.717) is 44.1 Å². The van der Waals surface area contributed by atoms with Gasteiger partial charge in [-0.05, 0) is 43.4 Å². The Bertz CT molecular complexity index is 764. The summed E-state index contributed by atoms with van der Waals surface area (Å²) in [5.74, 6) is 0.107. The van der Waals surface area contributed by atoms with Crippen molar-refractivity contribution in [1.29, 1.82) is 0 Å². The molecule has 0 aromatic heterocycles. The standard InChI is InChI=1S/C23H32F3N3O2/c24-23(25,26)19-5-3-4-18(16-19)22(31)8-10-27(11-9-22)17-21(30)29-14-12-28(13-15-29)20-6-1-2-7-20/h3-5,16,20,31H,1-2,6-15,17H2. The molecule has 1 saturated carbocycles. The zero-order valence-corrected chi connectivity index (χ0v) is 17.9. The lowest BCUT2D eigenvalue weighted by Crippen LogP contribution is -2.54. The van der Waals surface area contributed by atoms with E-state index in [1.165, 1.54) is 31.7 Å². The van der Waals surface area contributed by atoms with Crippen LogP contribution in [-0.2, 0) is 16.6 Å². The Morgan fingerprint density at radius 3 is 2.29 bits per heavy atom. The van der Waals surface area contributed by atoms with Gasteiger partial charge < -0.3 is 10.0 Å². The first kappa shape index (κ1) is 22.6. The molecular weight excluding hydrogens is 407 g/mol. The molecule has 1 aromatic rings. The normalized spacial score (nSPS) is 23.9. The van der Waals surface area contributed by atoms with Gasteiger partial charge in [-0.3, -0.25) is 14.6 Å². The van der Waals surface area contributed by atoms with E-state index in [2.05, 4.69) is 4.90 Å². The second-order valence-corrected chi connectivity index (χ2v) is 9.24. The van der Waals surface area contributed by atoms with Crippen molar-refractivity contribution >= 4 is 5.91 Å². The number of hydrogen-bond acceptors (Lipinski definition) is 4. The molecule has 31 heavy (non-hydrogen) atoms. The van der Waals surface area contributed by atoms with Crippen LogP contribution in [0.3, 0.4) is 0 Å². The van der Waals surface area contributed by atoms with E-state index >= 15 is 0 Å². The Kier molecular flexibility index (Phi) is 6.60. The highest BCUT2D eigenvalue weighted by Crippen LogP contribution is 2.36. The summed E-state index contributed by atoms with van der Waals surface area (Å²) in [4.78, 5) is 19.2. The van der Waals surface area contributed by atoms with Crippen molar-refractivity contribution < 1.29 is 23.1 Å². The van der Waals surface area contributed by atoms with E-state index in [1.807, 2.05) is 9.80 Å². The largest absolute Gasteiger partial charge is 0.416 e. The molecule has 0 bridgehead atoms. The molecule has 1 N–H and O–H groups in total. The maximum atomic E-state index is 13.0. The minimum atomic E-state index is -4.43. The molecule has 2 saturated heterocycles. The number of halogens is 3. The van der Waals surface area contributed by atoms with Gasteiger partial charge in [0, 0.05) is 45.3 Å². The van der Waals surface area contributed by atoms with E-state index in [-0.39, 0.29) is 5.91 Å². The number of carbonyl (C=O) groups excluding carboxylic acids is 1. The van der Waals surface area contributed by atoms with E-state index < -0.39 is 17.3 Å². The molecular formula is C23H32F3N3O2. The number of aliphatic hydroxyl groups is 1. The van der Waals surface area contributed by atoms with Crippen LogP contribution in [0.5, 0.6) is 0 Å². The molecule has 0 atom stereocenters. The lowest BCUT2D eigenvalue weighted by molar-refractivity contribution is -0.138. The molecule has 4 rings (SSSR count). The third-order valence-corrected chi connectivity index (χ3v) is 7.28. The van der Waals surface area contributed by atoms with Crippen molar-refractivity contribution in [2.45, 2.75) is 56.3 Å². The monoisotopic (exact) mass is 439 g/mol. The van der Waals surface area contributed by atoms with Gasteiger partial charge in [0.2, 0.25) is 5.91 Å². The quantitative estimate of drug-likeness (QED) is 0.784. The predicted octanol–water partition coefficient (Wildman–Crippen LogP) is 3.08. The summed E-state index contributed by atoms with van der Waals surface area (Å²) >= 11 is 0. The average Bonchev–Trinajstić information content (AvgIpc) is 3.30. The maximum Gasteiger partial charge on any atom is 0.416 e. The van der Waals surface area contributed by atoms with Gasteiger partial charge in [-0.15, -0.1) is 0 Å². The fourth-order valence-electron chi connectivity index (χ4n) is 5.25. The Hall–Kier alpha value is -1.64. The zero-order chi connectivity index (χ0) is 22.1. The maximum absolute atomic E-state index is 13.0. The number of piperazine rings is 1. The molecule has 0 radical (unpaired) electrons. The first-order chi connectivity index (χ1) is 14.7. The number of benzene rings is 1. The van der Waals surface area contributed by atoms with Crippen LogP contribution in [0, 0.1) is 0 Å². The number of alkyl halides is 3. The smallest absolute Gasteiger partial charge is 0.385 e. The summed E-state index contributed by atoms with van der Waals surface area (Å²) in [6.07, 6.45) is 1.37. The summed E-state index contributed by atoms with van der Waals surface area (Å²) in [6.45, 7) is 4.68. The number of rotatable bonds is 4. The molecule has 3 aliphatic rings. The van der Waals surface area contributed by atoms with E-state index in [4.69, 9.17) is 0 Å². The molecule has 3 fully saturated rings. The van der Waals surface area contributed by atoms with Crippen LogP contribution >= 0.6 is 0 Å². The molecule has 1 aromatic carbocycles. The molecule has 1 aliphatic carbocycles. The van der Waals surface area contributed by atoms with Gasteiger partial charge in [-0.2, -0.15) is 13.2 Å². The van der Waals surface area contributed by atoms with Gasteiger partial charge in [0.1, 0.15) is 0 Å². The summed E-state index contributed by atoms with van der Waals surface area (Å²) in [7, 11) is 0. The van der Waals surface area contributed by atoms with E-state index in [9.17, 15) is 23.1 Å². The van der Waals surface area contributed by atoms with Gasteiger partial charge >= 0.3 is 6.18 Å². The number of likely N-dealkylation sites (tertiary alicyclic amines) is 1. The predicted molar refractivity (Wildman–Crippen MR) is 111 cm³/mol. The van der Waals surface area contributed by atoms with Gasteiger partial charge in [0.05, 0.1) is 17.7 Å². The van der Waals surface area contributed by atoms with Gasteiger partial charge in [-0.1, -0.05) is 25.0 Å². The third kappa shape index (κ3) is 5.23. The summed E-state index contributed by atoms with van der Waals surface area (Å²) in [5, 5.41) is 11.0. The number of piperidine rings is 1. The van der Waals surface area contributed by atoms with Crippen LogP contribution in [-0.4, -0.2) is 77.6 Å². The molecule has 0 unspecified atom stereocenters. The van der Waals surface area contributed by atoms with Crippen molar-refractivity contribution in [1.82, 2.24) is 14.7 Å². The van der Waals surface area contributed by atoms with Gasteiger partial charge in [0.25, 0.3) is 0 Å². The third-order valence-electron chi connectivity index (χ3n) is 7.28. The van der Waals surface area contributed by atoms with Gasteiger partial charge in [-0.25, -0.2) is 0 Å². The number of nitrogens with zero attached hydrogens (tertiary/aromatic N) is 3. The Morgan fingerprint density at radius 1 is 1.03 bits per heavy atom. The van der Waals surface area contributed by atoms with Crippen LogP contribution in [0.4, 0.5) is 13.2 Å². The van der Waals surface area contributed by atoms with Crippen LogP contribution in [0.1, 0.15) is 49.7 Å². The molecule has 5 nitrogen and oxygen atoms in total. The fraction of sp³-hybridized carbons (Fsp3) is 0.696. The van der Waals surface area contributed by atoms with Crippen molar-refractivity contribution in [3.8, 4) is 0 Å². The molecule has 172 valence electrons. The van der Waals surface area contributed by atoms with Crippen molar-refractivity contribution in [3.05, 3.63) is 35.4 Å². The van der Waals surface area contributed by atoms with Crippen molar-refractivity contribution in [2.75, 3.05) is 45.8 Å². The number of carbonyl (C=O) groups is 1. The number of hydrogen-bond donors (Lipinski definition) is 1. The molecule has 2 aliphatic heterocycles. The first-order valence-electron chi connectivity index (χ1n) is 11.4. The first-order valence-corrected chi connectivity index (χ1v) is 11.4. The lowest BCUT2D eigenvalue weighted by atomic mass is 9.83. The Labute approximate surface area is 181 Å². The minimum absolute atomic E-state index is 0.107. The summed E-state index contributed by atoms with van der Waals surface area (Å²) in [5.41, 5.74) is -1.72. The molecule has 2 heterocycles. The van der Waals surface area contributed by atoms with Crippen LogP contribution in [0.2, 0.25) is 0 Å². The zero-order valence-electron chi connectivity index (χ0n) is 17.9. The average molecular weight is 440 g/mol. The topological polar surface area (TPSA) is 47.0 Å². The molecule has 1 amide bonds. The van der Waals surface area contributed by atoms with E-state index in [0.717, 1.165) is 38.3 Å². The second-order valence-electron chi connectivity index (χ2n) is 9.24. The summed E-state index contributed by atoms with van der Waals surface area (Å²) < 4.78 is 39.1. The minimum Gasteiger partial charge on any atom is -0.385 e. The molecule has 0 spiro atoms. The van der Waals surface area contributed by atoms with Crippen molar-refractivity contribution in [3.63, 3.8) is 0 Å². The highest BCUT2D eigenvalue weighted by Gasteiger charge is 2.38. The van der Waals surface area contributed by atoms with Crippen LogP contribution in [0.15, 0.2) is 24.3 Å². The van der Waals surface area contributed by atoms with Gasteiger partial charge in [0.15, 0.2) is 0 Å². The Morgan fingerprint density at radius 2 is 1.68 bits per heavy atom. The second kappa shape index (κ2) is 9.08.